The fourth-order valence-electron chi connectivity index (χ4n) is 2.21. The third-order valence-electron chi connectivity index (χ3n) is 3.21. The molecule has 1 heterocycles. The molecular formula is C13H14Cl2N2O3. The average Bonchev–Trinajstić information content (AvgIpc) is 2.81. The van der Waals surface area contributed by atoms with Crippen molar-refractivity contribution in [3.63, 3.8) is 0 Å². The molecule has 2 N–H and O–H groups in total. The van der Waals surface area contributed by atoms with Crippen LogP contribution in [0.3, 0.4) is 0 Å². The van der Waals surface area contributed by atoms with E-state index in [1.165, 1.54) is 0 Å². The Balaban J connectivity index is 1.92. The quantitative estimate of drug-likeness (QED) is 0.898. The maximum atomic E-state index is 12.0. The van der Waals surface area contributed by atoms with Crippen molar-refractivity contribution in [2.24, 2.45) is 5.92 Å². The number of nitrogens with one attached hydrogen (secondary N) is 1. The molecule has 0 aromatic heterocycles. The van der Waals surface area contributed by atoms with E-state index in [0.717, 1.165) is 0 Å². The van der Waals surface area contributed by atoms with Crippen molar-refractivity contribution in [1.29, 1.82) is 0 Å². The Morgan fingerprint density at radius 1 is 1.35 bits per heavy atom. The first kappa shape index (κ1) is 14.9. The smallest absolute Gasteiger partial charge is 0.321 e. The third kappa shape index (κ3) is 3.77. The van der Waals surface area contributed by atoms with Gasteiger partial charge < -0.3 is 15.3 Å². The Labute approximate surface area is 126 Å². The molecule has 0 aliphatic carbocycles. The third-order valence-corrected chi connectivity index (χ3v) is 3.95. The number of carbonyl (C=O) groups excluding carboxylic acids is 1. The minimum absolute atomic E-state index is 0.0204. The number of anilines is 1. The minimum Gasteiger partial charge on any atom is -0.481 e. The van der Waals surface area contributed by atoms with Crippen LogP contribution in [-0.4, -0.2) is 35.1 Å². The molecule has 1 aromatic rings. The lowest BCUT2D eigenvalue weighted by Gasteiger charge is -2.17. The first-order chi connectivity index (χ1) is 9.45. The number of carboxylic acids is 1. The van der Waals surface area contributed by atoms with Gasteiger partial charge in [0.1, 0.15) is 0 Å². The number of urea groups is 1. The summed E-state index contributed by atoms with van der Waals surface area (Å²) in [6.07, 6.45) is 0.803. The Kier molecular flexibility index (Phi) is 4.73. The highest BCUT2D eigenvalue weighted by atomic mass is 35.5. The summed E-state index contributed by atoms with van der Waals surface area (Å²) in [6.45, 7) is 1.02. The molecule has 2 rings (SSSR count). The molecular weight excluding hydrogens is 303 g/mol. The summed E-state index contributed by atoms with van der Waals surface area (Å²) in [5.41, 5.74) is 0.561. The topological polar surface area (TPSA) is 69.6 Å². The number of hydrogen-bond donors (Lipinski definition) is 2. The van der Waals surface area contributed by atoms with Gasteiger partial charge >= 0.3 is 12.0 Å². The molecule has 1 atom stereocenters. The number of benzene rings is 1. The number of likely N-dealkylation sites (tertiary alicyclic amines) is 1. The van der Waals surface area contributed by atoms with Gasteiger partial charge in [0, 0.05) is 25.2 Å². The number of carboxylic acid groups (broad SMARTS) is 1. The highest BCUT2D eigenvalue weighted by Crippen LogP contribution is 2.26. The monoisotopic (exact) mass is 316 g/mol. The van der Waals surface area contributed by atoms with Gasteiger partial charge in [0.05, 0.1) is 10.0 Å². The van der Waals surface area contributed by atoms with Crippen LogP contribution in [0.1, 0.15) is 12.8 Å². The SMILES string of the molecule is O=C(O)CC1CCN(C(=O)Nc2ccc(Cl)c(Cl)c2)C1. The highest BCUT2D eigenvalue weighted by molar-refractivity contribution is 6.42. The highest BCUT2D eigenvalue weighted by Gasteiger charge is 2.27. The summed E-state index contributed by atoms with van der Waals surface area (Å²) in [6, 6.07) is 4.59. The molecule has 1 saturated heterocycles. The Bertz CT molecular complexity index is 536. The van der Waals surface area contributed by atoms with Gasteiger partial charge in [-0.05, 0) is 30.5 Å². The molecule has 1 unspecified atom stereocenters. The molecule has 1 aliphatic rings. The van der Waals surface area contributed by atoms with E-state index in [9.17, 15) is 9.59 Å². The van der Waals surface area contributed by atoms with Gasteiger partial charge in [0.15, 0.2) is 0 Å². The zero-order valence-corrected chi connectivity index (χ0v) is 12.1. The van der Waals surface area contributed by atoms with E-state index in [-0.39, 0.29) is 18.4 Å². The number of aliphatic carboxylic acids is 1. The second-order valence-corrected chi connectivity index (χ2v) is 5.57. The lowest BCUT2D eigenvalue weighted by atomic mass is 10.1. The van der Waals surface area contributed by atoms with Crippen molar-refractivity contribution in [2.45, 2.75) is 12.8 Å². The zero-order chi connectivity index (χ0) is 14.7. The Hall–Kier alpha value is -1.46. The molecule has 0 spiro atoms. The molecule has 7 heteroatoms. The van der Waals surface area contributed by atoms with E-state index in [0.29, 0.717) is 35.2 Å². The maximum absolute atomic E-state index is 12.0. The molecule has 0 radical (unpaired) electrons. The average molecular weight is 317 g/mol. The van der Waals surface area contributed by atoms with E-state index in [4.69, 9.17) is 28.3 Å². The number of amides is 2. The predicted molar refractivity (Wildman–Crippen MR) is 77.4 cm³/mol. The normalized spacial score (nSPS) is 18.1. The van der Waals surface area contributed by atoms with Gasteiger partial charge in [-0.1, -0.05) is 23.2 Å². The van der Waals surface area contributed by atoms with Gasteiger partial charge in [-0.15, -0.1) is 0 Å². The number of rotatable bonds is 3. The van der Waals surface area contributed by atoms with Crippen LogP contribution < -0.4 is 5.32 Å². The van der Waals surface area contributed by atoms with Crippen LogP contribution >= 0.6 is 23.2 Å². The summed E-state index contributed by atoms with van der Waals surface area (Å²) >= 11 is 11.7. The van der Waals surface area contributed by atoms with E-state index < -0.39 is 5.97 Å². The molecule has 1 fully saturated rings. The van der Waals surface area contributed by atoms with Gasteiger partial charge in [-0.25, -0.2) is 4.79 Å². The fourth-order valence-corrected chi connectivity index (χ4v) is 2.51. The van der Waals surface area contributed by atoms with Gasteiger partial charge in [-0.3, -0.25) is 4.79 Å². The number of hydrogen-bond acceptors (Lipinski definition) is 2. The van der Waals surface area contributed by atoms with E-state index >= 15 is 0 Å². The molecule has 108 valence electrons. The van der Waals surface area contributed by atoms with Gasteiger partial charge in [0.25, 0.3) is 0 Å². The van der Waals surface area contributed by atoms with Gasteiger partial charge in [-0.2, -0.15) is 0 Å². The van der Waals surface area contributed by atoms with Crippen LogP contribution in [0.4, 0.5) is 10.5 Å². The largest absolute Gasteiger partial charge is 0.481 e. The molecule has 1 aromatic carbocycles. The summed E-state index contributed by atoms with van der Waals surface area (Å²) in [4.78, 5) is 24.3. The lowest BCUT2D eigenvalue weighted by Crippen LogP contribution is -2.33. The molecule has 1 aliphatic heterocycles. The molecule has 0 saturated carbocycles. The van der Waals surface area contributed by atoms with Crippen molar-refractivity contribution in [3.05, 3.63) is 28.2 Å². The standard InChI is InChI=1S/C13H14Cl2N2O3/c14-10-2-1-9(6-11(10)15)16-13(20)17-4-3-8(7-17)5-12(18)19/h1-2,6,8H,3-5,7H2,(H,16,20)(H,18,19). The fraction of sp³-hybridized carbons (Fsp3) is 0.385. The van der Waals surface area contributed by atoms with E-state index in [1.54, 1.807) is 23.1 Å². The van der Waals surface area contributed by atoms with Crippen LogP contribution in [-0.2, 0) is 4.79 Å². The second kappa shape index (κ2) is 6.33. The van der Waals surface area contributed by atoms with Crippen LogP contribution in [0, 0.1) is 5.92 Å². The Morgan fingerprint density at radius 3 is 2.75 bits per heavy atom. The van der Waals surface area contributed by atoms with Crippen molar-refractivity contribution in [2.75, 3.05) is 18.4 Å². The number of nitrogens with zero attached hydrogens (tertiary/aromatic N) is 1. The van der Waals surface area contributed by atoms with Crippen molar-refractivity contribution in [1.82, 2.24) is 4.90 Å². The molecule has 20 heavy (non-hydrogen) atoms. The maximum Gasteiger partial charge on any atom is 0.321 e. The molecule has 5 nitrogen and oxygen atoms in total. The first-order valence-electron chi connectivity index (χ1n) is 6.18. The lowest BCUT2D eigenvalue weighted by molar-refractivity contribution is -0.138. The van der Waals surface area contributed by atoms with Crippen LogP contribution in [0.25, 0.3) is 0 Å². The summed E-state index contributed by atoms with van der Waals surface area (Å²) in [5, 5.41) is 12.3. The van der Waals surface area contributed by atoms with E-state index in [2.05, 4.69) is 5.32 Å². The zero-order valence-electron chi connectivity index (χ0n) is 10.6. The summed E-state index contributed by atoms with van der Waals surface area (Å²) in [5.74, 6) is -0.811. The molecule has 2 amide bonds. The number of carbonyl (C=O) groups is 2. The first-order valence-corrected chi connectivity index (χ1v) is 6.94. The van der Waals surface area contributed by atoms with Crippen LogP contribution in [0.2, 0.25) is 10.0 Å². The van der Waals surface area contributed by atoms with Crippen molar-refractivity contribution >= 4 is 40.9 Å². The minimum atomic E-state index is -0.832. The summed E-state index contributed by atoms with van der Waals surface area (Å²) in [7, 11) is 0. The Morgan fingerprint density at radius 2 is 2.10 bits per heavy atom. The number of halogens is 2. The van der Waals surface area contributed by atoms with Crippen LogP contribution in [0.5, 0.6) is 0 Å². The molecule has 0 bridgehead atoms. The van der Waals surface area contributed by atoms with E-state index in [1.807, 2.05) is 0 Å². The second-order valence-electron chi connectivity index (χ2n) is 4.76. The van der Waals surface area contributed by atoms with Crippen LogP contribution in [0.15, 0.2) is 18.2 Å². The van der Waals surface area contributed by atoms with Crippen molar-refractivity contribution in [3.8, 4) is 0 Å². The predicted octanol–water partition coefficient (Wildman–Crippen LogP) is 3.32. The van der Waals surface area contributed by atoms with Crippen molar-refractivity contribution < 1.29 is 14.7 Å². The summed E-state index contributed by atoms with van der Waals surface area (Å²) < 4.78 is 0. The van der Waals surface area contributed by atoms with Gasteiger partial charge in [0.2, 0.25) is 0 Å².